The third kappa shape index (κ3) is 3.36. The van der Waals surface area contributed by atoms with Crippen LogP contribution >= 0.6 is 11.6 Å². The molecule has 1 unspecified atom stereocenters. The number of benzene rings is 1. The predicted molar refractivity (Wildman–Crippen MR) is 101 cm³/mol. The number of hydrogen-bond acceptors (Lipinski definition) is 6. The van der Waals surface area contributed by atoms with Gasteiger partial charge in [-0.1, -0.05) is 34.7 Å². The quantitative estimate of drug-likeness (QED) is 0.519. The topological polar surface area (TPSA) is 103 Å². The number of rotatable bonds is 2. The zero-order valence-corrected chi connectivity index (χ0v) is 15.0. The molecule has 1 aromatic carbocycles. The molecule has 0 aliphatic rings. The molecule has 0 aliphatic heterocycles. The Bertz CT molecular complexity index is 1200. The minimum absolute atomic E-state index is 0.167. The number of nitrogen functional groups attached to an aromatic ring is 1. The molecule has 0 aliphatic carbocycles. The van der Waals surface area contributed by atoms with Gasteiger partial charge in [0, 0.05) is 29.7 Å². The average Bonchev–Trinajstić information content (AvgIpc) is 3.23. The lowest BCUT2D eigenvalue weighted by Gasteiger charge is -2.05. The zero-order chi connectivity index (χ0) is 19.0. The van der Waals surface area contributed by atoms with E-state index < -0.39 is 6.10 Å². The molecule has 3 aromatic heterocycles. The molecule has 0 saturated carbocycles. The molecule has 1 atom stereocenters. The summed E-state index contributed by atoms with van der Waals surface area (Å²) < 4.78 is 6.77. The summed E-state index contributed by atoms with van der Waals surface area (Å²) in [5, 5.41) is 15.1. The maximum atomic E-state index is 10.1. The highest BCUT2D eigenvalue weighted by molar-refractivity contribution is 6.35. The smallest absolute Gasteiger partial charge is 0.221 e. The van der Waals surface area contributed by atoms with E-state index in [-0.39, 0.29) is 5.95 Å². The second-order valence-corrected chi connectivity index (χ2v) is 6.30. The van der Waals surface area contributed by atoms with Crippen molar-refractivity contribution in [3.05, 3.63) is 64.8 Å². The Hall–Kier alpha value is -3.34. The number of aliphatic hydroxyl groups excluding tert-OH is 1. The number of fused-ring (bicyclic) bond motifs is 1. The van der Waals surface area contributed by atoms with Gasteiger partial charge in [0.25, 0.3) is 0 Å². The summed E-state index contributed by atoms with van der Waals surface area (Å²) in [6.45, 7) is 1.75. The standard InChI is InChI=1S/C19H14ClN5O2/c1-11-7-16(24-27-11)17(26)6-5-12-3-2-4-13(8-12)25-10-15(20)14-9-22-19(21)23-18(14)25/h2-4,7-10,17,26H,1H3,(H2,21,22,23). The number of anilines is 1. The molecule has 0 bridgehead atoms. The SMILES string of the molecule is Cc1cc(C(O)C#Cc2cccc(-n3cc(Cl)c4cnc(N)nc43)c2)no1. The van der Waals surface area contributed by atoms with Crippen molar-refractivity contribution >= 4 is 28.6 Å². The molecule has 7 nitrogen and oxygen atoms in total. The van der Waals surface area contributed by atoms with Crippen molar-refractivity contribution < 1.29 is 9.63 Å². The van der Waals surface area contributed by atoms with E-state index in [1.165, 1.54) is 0 Å². The van der Waals surface area contributed by atoms with E-state index in [9.17, 15) is 5.11 Å². The van der Waals surface area contributed by atoms with Crippen molar-refractivity contribution in [1.29, 1.82) is 0 Å². The fourth-order valence-electron chi connectivity index (χ4n) is 2.65. The minimum atomic E-state index is -1.03. The van der Waals surface area contributed by atoms with Gasteiger partial charge in [-0.2, -0.15) is 4.98 Å². The summed E-state index contributed by atoms with van der Waals surface area (Å²) in [5.41, 5.74) is 8.22. The number of nitrogens with two attached hydrogens (primary N) is 1. The lowest BCUT2D eigenvalue weighted by atomic mass is 10.1. The lowest BCUT2D eigenvalue weighted by Crippen LogP contribution is -1.98. The molecular weight excluding hydrogens is 366 g/mol. The van der Waals surface area contributed by atoms with Gasteiger partial charge in [-0.15, -0.1) is 0 Å². The van der Waals surface area contributed by atoms with E-state index in [2.05, 4.69) is 27.0 Å². The van der Waals surface area contributed by atoms with Crippen LogP contribution in [0.2, 0.25) is 5.02 Å². The molecule has 4 aromatic rings. The highest BCUT2D eigenvalue weighted by Crippen LogP contribution is 2.27. The van der Waals surface area contributed by atoms with Gasteiger partial charge in [0.1, 0.15) is 11.5 Å². The first kappa shape index (κ1) is 17.1. The van der Waals surface area contributed by atoms with Crippen molar-refractivity contribution in [2.75, 3.05) is 5.73 Å². The van der Waals surface area contributed by atoms with Crippen LogP contribution in [0.5, 0.6) is 0 Å². The molecule has 27 heavy (non-hydrogen) atoms. The first-order chi connectivity index (χ1) is 13.0. The molecule has 0 radical (unpaired) electrons. The van der Waals surface area contributed by atoms with E-state index in [0.29, 0.717) is 33.1 Å². The van der Waals surface area contributed by atoms with Crippen molar-refractivity contribution in [3.8, 4) is 17.5 Å². The summed E-state index contributed by atoms with van der Waals surface area (Å²) in [6.07, 6.45) is 2.32. The average molecular weight is 380 g/mol. The van der Waals surface area contributed by atoms with Crippen LogP contribution in [0.3, 0.4) is 0 Å². The number of aromatic nitrogens is 4. The van der Waals surface area contributed by atoms with Crippen LogP contribution in [0.4, 0.5) is 5.95 Å². The molecule has 0 amide bonds. The summed E-state index contributed by atoms with van der Waals surface area (Å²) in [4.78, 5) is 8.25. The van der Waals surface area contributed by atoms with Crippen LogP contribution in [0.1, 0.15) is 23.1 Å². The van der Waals surface area contributed by atoms with E-state index >= 15 is 0 Å². The Morgan fingerprint density at radius 1 is 1.33 bits per heavy atom. The number of halogens is 1. The highest BCUT2D eigenvalue weighted by Gasteiger charge is 2.12. The molecule has 134 valence electrons. The van der Waals surface area contributed by atoms with Crippen LogP contribution in [-0.2, 0) is 0 Å². The van der Waals surface area contributed by atoms with Crippen molar-refractivity contribution in [1.82, 2.24) is 19.7 Å². The van der Waals surface area contributed by atoms with E-state index in [1.54, 1.807) is 25.4 Å². The van der Waals surface area contributed by atoms with Crippen LogP contribution in [-0.4, -0.2) is 24.8 Å². The molecule has 4 rings (SSSR count). The monoisotopic (exact) mass is 379 g/mol. The van der Waals surface area contributed by atoms with Gasteiger partial charge in [-0.3, -0.25) is 4.57 Å². The minimum Gasteiger partial charge on any atom is -0.374 e. The van der Waals surface area contributed by atoms with Gasteiger partial charge in [0.05, 0.1) is 10.4 Å². The van der Waals surface area contributed by atoms with Crippen molar-refractivity contribution in [2.45, 2.75) is 13.0 Å². The molecule has 3 N–H and O–H groups in total. The van der Waals surface area contributed by atoms with Crippen molar-refractivity contribution in [2.24, 2.45) is 0 Å². The Morgan fingerprint density at radius 3 is 2.96 bits per heavy atom. The number of hydrogen-bond donors (Lipinski definition) is 2. The molecule has 0 fully saturated rings. The van der Waals surface area contributed by atoms with Crippen molar-refractivity contribution in [3.63, 3.8) is 0 Å². The Balaban J connectivity index is 1.70. The first-order valence-corrected chi connectivity index (χ1v) is 8.41. The highest BCUT2D eigenvalue weighted by atomic mass is 35.5. The number of nitrogens with zero attached hydrogens (tertiary/aromatic N) is 4. The van der Waals surface area contributed by atoms with Gasteiger partial charge in [0.15, 0.2) is 11.8 Å². The predicted octanol–water partition coefficient (Wildman–Crippen LogP) is 3.04. The van der Waals surface area contributed by atoms with E-state index in [1.807, 2.05) is 28.8 Å². The first-order valence-electron chi connectivity index (χ1n) is 8.03. The Kier molecular flexibility index (Phi) is 4.28. The summed E-state index contributed by atoms with van der Waals surface area (Å²) in [7, 11) is 0. The maximum Gasteiger partial charge on any atom is 0.221 e. The van der Waals surface area contributed by atoms with Gasteiger partial charge in [-0.05, 0) is 25.1 Å². The van der Waals surface area contributed by atoms with Gasteiger partial charge in [0.2, 0.25) is 5.95 Å². The Labute approximate surface area is 159 Å². The molecule has 0 spiro atoms. The van der Waals surface area contributed by atoms with Crippen LogP contribution < -0.4 is 5.73 Å². The number of aliphatic hydroxyl groups is 1. The van der Waals surface area contributed by atoms with Crippen LogP contribution in [0, 0.1) is 18.8 Å². The fraction of sp³-hybridized carbons (Fsp3) is 0.105. The molecule has 3 heterocycles. The molecule has 0 saturated heterocycles. The van der Waals surface area contributed by atoms with Gasteiger partial charge >= 0.3 is 0 Å². The van der Waals surface area contributed by atoms with Crippen LogP contribution in [0.25, 0.3) is 16.7 Å². The maximum absolute atomic E-state index is 10.1. The second kappa shape index (κ2) is 6.76. The second-order valence-electron chi connectivity index (χ2n) is 5.90. The third-order valence-electron chi connectivity index (χ3n) is 3.92. The Morgan fingerprint density at radius 2 is 2.19 bits per heavy atom. The normalized spacial score (nSPS) is 12.0. The number of aryl methyl sites for hydroxylation is 1. The molecular formula is C19H14ClN5O2. The largest absolute Gasteiger partial charge is 0.374 e. The summed E-state index contributed by atoms with van der Waals surface area (Å²) >= 11 is 6.27. The summed E-state index contributed by atoms with van der Waals surface area (Å²) in [6, 6.07) is 9.11. The van der Waals surface area contributed by atoms with Gasteiger partial charge < -0.3 is 15.4 Å². The van der Waals surface area contributed by atoms with E-state index in [4.69, 9.17) is 21.9 Å². The summed E-state index contributed by atoms with van der Waals surface area (Å²) in [5.74, 6) is 6.49. The fourth-order valence-corrected chi connectivity index (χ4v) is 2.88. The van der Waals surface area contributed by atoms with Gasteiger partial charge in [-0.25, -0.2) is 4.98 Å². The third-order valence-corrected chi connectivity index (χ3v) is 4.22. The van der Waals surface area contributed by atoms with E-state index in [0.717, 1.165) is 5.69 Å². The molecule has 8 heteroatoms. The lowest BCUT2D eigenvalue weighted by molar-refractivity contribution is 0.225. The van der Waals surface area contributed by atoms with Crippen LogP contribution in [0.15, 0.2) is 47.2 Å². The zero-order valence-electron chi connectivity index (χ0n) is 14.2.